The lowest BCUT2D eigenvalue weighted by Gasteiger charge is -2.04. The Morgan fingerprint density at radius 3 is 2.62 bits per heavy atom. The van der Waals surface area contributed by atoms with Crippen molar-refractivity contribution < 1.29 is 0 Å². The molecule has 0 saturated heterocycles. The van der Waals surface area contributed by atoms with Crippen LogP contribution in [0.3, 0.4) is 0 Å². The van der Waals surface area contributed by atoms with Crippen molar-refractivity contribution in [3.05, 3.63) is 48.3 Å². The van der Waals surface area contributed by atoms with Crippen LogP contribution in [-0.4, -0.2) is 22.0 Å². The number of pyridine rings is 2. The van der Waals surface area contributed by atoms with E-state index in [9.17, 15) is 0 Å². The number of thiocarbonyl (C=S) groups is 1. The van der Waals surface area contributed by atoms with Crippen LogP contribution in [0.5, 0.6) is 0 Å². The van der Waals surface area contributed by atoms with Crippen LogP contribution < -0.4 is 5.32 Å². The Hall–Kier alpha value is -1.81. The Kier molecular flexibility index (Phi) is 3.22. The lowest BCUT2D eigenvalue weighted by molar-refractivity contribution is 1.16. The average molecular weight is 229 g/mol. The summed E-state index contributed by atoms with van der Waals surface area (Å²) >= 11 is 5.14. The third-order valence-corrected chi connectivity index (χ3v) is 2.55. The van der Waals surface area contributed by atoms with Crippen molar-refractivity contribution >= 4 is 17.2 Å². The van der Waals surface area contributed by atoms with Gasteiger partial charge in [-0.05, 0) is 24.3 Å². The molecule has 0 aliphatic rings. The SMILES string of the molecule is CNC(=S)c1cccc(-c2ccccn2)n1. The normalized spacial score (nSPS) is 9.81. The van der Waals surface area contributed by atoms with Gasteiger partial charge in [0.25, 0.3) is 0 Å². The minimum absolute atomic E-state index is 0.637. The molecule has 2 aromatic heterocycles. The Balaban J connectivity index is 2.40. The maximum Gasteiger partial charge on any atom is 0.125 e. The number of hydrogen-bond donors (Lipinski definition) is 1. The summed E-state index contributed by atoms with van der Waals surface area (Å²) in [5, 5.41) is 2.91. The fourth-order valence-corrected chi connectivity index (χ4v) is 1.46. The van der Waals surface area contributed by atoms with E-state index < -0.39 is 0 Å². The summed E-state index contributed by atoms with van der Waals surface area (Å²) in [4.78, 5) is 9.33. The highest BCUT2D eigenvalue weighted by Gasteiger charge is 2.04. The first-order valence-corrected chi connectivity index (χ1v) is 5.32. The molecule has 2 heterocycles. The van der Waals surface area contributed by atoms with Gasteiger partial charge in [0.15, 0.2) is 0 Å². The van der Waals surface area contributed by atoms with E-state index in [0.29, 0.717) is 4.99 Å². The van der Waals surface area contributed by atoms with Crippen molar-refractivity contribution in [3.63, 3.8) is 0 Å². The predicted molar refractivity (Wildman–Crippen MR) is 68.2 cm³/mol. The Morgan fingerprint density at radius 1 is 1.12 bits per heavy atom. The van der Waals surface area contributed by atoms with Crippen LogP contribution in [-0.2, 0) is 0 Å². The summed E-state index contributed by atoms with van der Waals surface area (Å²) in [5.41, 5.74) is 2.44. The second kappa shape index (κ2) is 4.81. The molecule has 0 atom stereocenters. The second-order valence-corrected chi connectivity index (χ2v) is 3.61. The second-order valence-electron chi connectivity index (χ2n) is 3.20. The summed E-state index contributed by atoms with van der Waals surface area (Å²) in [6.07, 6.45) is 1.75. The fraction of sp³-hybridized carbons (Fsp3) is 0.0833. The monoisotopic (exact) mass is 229 g/mol. The summed E-state index contributed by atoms with van der Waals surface area (Å²) in [6.45, 7) is 0. The van der Waals surface area contributed by atoms with Gasteiger partial charge in [-0.1, -0.05) is 24.4 Å². The van der Waals surface area contributed by atoms with Gasteiger partial charge in [0.2, 0.25) is 0 Å². The van der Waals surface area contributed by atoms with Crippen molar-refractivity contribution in [2.24, 2.45) is 0 Å². The molecule has 0 aliphatic heterocycles. The lowest BCUT2D eigenvalue weighted by atomic mass is 10.2. The summed E-state index contributed by atoms with van der Waals surface area (Å²) in [6, 6.07) is 11.5. The van der Waals surface area contributed by atoms with Crippen molar-refractivity contribution in [3.8, 4) is 11.4 Å². The number of aromatic nitrogens is 2. The van der Waals surface area contributed by atoms with E-state index in [-0.39, 0.29) is 0 Å². The molecule has 0 fully saturated rings. The summed E-state index contributed by atoms with van der Waals surface area (Å²) < 4.78 is 0. The van der Waals surface area contributed by atoms with Crippen LogP contribution in [0, 0.1) is 0 Å². The fourth-order valence-electron chi connectivity index (χ4n) is 1.35. The molecule has 0 unspecified atom stereocenters. The molecule has 0 aromatic carbocycles. The first kappa shape index (κ1) is 10.7. The van der Waals surface area contributed by atoms with Crippen LogP contribution >= 0.6 is 12.2 Å². The minimum Gasteiger partial charge on any atom is -0.378 e. The molecule has 0 amide bonds. The molecule has 2 aromatic rings. The van der Waals surface area contributed by atoms with Gasteiger partial charge in [0.05, 0.1) is 17.1 Å². The van der Waals surface area contributed by atoms with E-state index in [1.807, 2.05) is 36.4 Å². The van der Waals surface area contributed by atoms with Crippen LogP contribution in [0.2, 0.25) is 0 Å². The van der Waals surface area contributed by atoms with Crippen LogP contribution in [0.25, 0.3) is 11.4 Å². The van der Waals surface area contributed by atoms with Crippen molar-refractivity contribution in [1.29, 1.82) is 0 Å². The van der Waals surface area contributed by atoms with E-state index in [4.69, 9.17) is 12.2 Å². The van der Waals surface area contributed by atoms with Gasteiger partial charge in [-0.2, -0.15) is 0 Å². The number of hydrogen-bond acceptors (Lipinski definition) is 3. The van der Waals surface area contributed by atoms with Gasteiger partial charge < -0.3 is 5.32 Å². The lowest BCUT2D eigenvalue weighted by Crippen LogP contribution is -2.17. The van der Waals surface area contributed by atoms with Gasteiger partial charge in [0, 0.05) is 13.2 Å². The topological polar surface area (TPSA) is 37.8 Å². The molecule has 2 rings (SSSR count). The number of rotatable bonds is 2. The van der Waals surface area contributed by atoms with Crippen LogP contribution in [0.4, 0.5) is 0 Å². The molecule has 16 heavy (non-hydrogen) atoms. The van der Waals surface area contributed by atoms with E-state index >= 15 is 0 Å². The molecule has 1 N–H and O–H groups in total. The third kappa shape index (κ3) is 2.23. The average Bonchev–Trinajstić information content (AvgIpc) is 2.39. The molecule has 0 saturated carbocycles. The largest absolute Gasteiger partial charge is 0.378 e. The van der Waals surface area contributed by atoms with Crippen molar-refractivity contribution in [2.75, 3.05) is 7.05 Å². The Labute approximate surface area is 99.6 Å². The number of nitrogens with zero attached hydrogens (tertiary/aromatic N) is 2. The minimum atomic E-state index is 0.637. The van der Waals surface area contributed by atoms with E-state index in [1.165, 1.54) is 0 Å². The van der Waals surface area contributed by atoms with E-state index in [2.05, 4.69) is 15.3 Å². The van der Waals surface area contributed by atoms with Crippen LogP contribution in [0.1, 0.15) is 5.69 Å². The van der Waals surface area contributed by atoms with E-state index in [1.54, 1.807) is 13.2 Å². The van der Waals surface area contributed by atoms with E-state index in [0.717, 1.165) is 17.1 Å². The van der Waals surface area contributed by atoms with Gasteiger partial charge in [-0.15, -0.1) is 0 Å². The molecule has 0 bridgehead atoms. The molecule has 3 nitrogen and oxygen atoms in total. The van der Waals surface area contributed by atoms with Crippen molar-refractivity contribution in [1.82, 2.24) is 15.3 Å². The van der Waals surface area contributed by atoms with Crippen LogP contribution in [0.15, 0.2) is 42.6 Å². The first-order valence-electron chi connectivity index (χ1n) is 4.92. The summed E-state index contributed by atoms with van der Waals surface area (Å²) in [7, 11) is 1.79. The zero-order valence-electron chi connectivity index (χ0n) is 8.84. The standard InChI is InChI=1S/C12H11N3S/c1-13-12(16)11-7-4-6-10(15-11)9-5-2-3-8-14-9/h2-8H,1H3,(H,13,16). The molecule has 0 spiro atoms. The zero-order chi connectivity index (χ0) is 11.4. The van der Waals surface area contributed by atoms with Gasteiger partial charge in [-0.25, -0.2) is 4.98 Å². The smallest absolute Gasteiger partial charge is 0.125 e. The molecule has 4 heteroatoms. The third-order valence-electron chi connectivity index (χ3n) is 2.14. The van der Waals surface area contributed by atoms with Gasteiger partial charge in [0.1, 0.15) is 4.99 Å². The summed E-state index contributed by atoms with van der Waals surface area (Å²) in [5.74, 6) is 0. The highest BCUT2D eigenvalue weighted by atomic mass is 32.1. The van der Waals surface area contributed by atoms with Crippen molar-refractivity contribution in [2.45, 2.75) is 0 Å². The molecule has 0 aliphatic carbocycles. The first-order chi connectivity index (χ1) is 7.81. The molecule has 0 radical (unpaired) electrons. The Bertz CT molecular complexity index is 497. The molecule has 80 valence electrons. The van der Waals surface area contributed by atoms with Gasteiger partial charge >= 0.3 is 0 Å². The predicted octanol–water partition coefficient (Wildman–Crippen LogP) is 2.04. The quantitative estimate of drug-likeness (QED) is 0.800. The maximum atomic E-state index is 5.14. The maximum absolute atomic E-state index is 5.14. The highest BCUT2D eigenvalue weighted by molar-refractivity contribution is 7.80. The molecular weight excluding hydrogens is 218 g/mol. The van der Waals surface area contributed by atoms with Gasteiger partial charge in [-0.3, -0.25) is 4.98 Å². The molecular formula is C12H11N3S. The zero-order valence-corrected chi connectivity index (χ0v) is 9.66. The Morgan fingerprint density at radius 2 is 1.94 bits per heavy atom. The number of nitrogens with one attached hydrogen (secondary N) is 1. The highest BCUT2D eigenvalue weighted by Crippen LogP contribution is 2.13.